The molecule has 0 aliphatic heterocycles. The van der Waals surface area contributed by atoms with Crippen molar-refractivity contribution in [2.45, 2.75) is 26.9 Å². The first-order chi connectivity index (χ1) is 11.6. The number of amides is 1. The highest BCUT2D eigenvalue weighted by Crippen LogP contribution is 2.29. The molecule has 2 aromatic rings. The van der Waals surface area contributed by atoms with E-state index in [4.69, 9.17) is 4.74 Å². The van der Waals surface area contributed by atoms with Gasteiger partial charge in [0.15, 0.2) is 11.3 Å². The van der Waals surface area contributed by atoms with Crippen molar-refractivity contribution in [1.82, 2.24) is 19.9 Å². The molecule has 0 unspecified atom stereocenters. The zero-order chi connectivity index (χ0) is 18.8. The smallest absolute Gasteiger partial charge is 0.433 e. The number of aryl methyl sites for hydroxylation is 1. The second-order valence-corrected chi connectivity index (χ2v) is 5.11. The molecule has 7 nitrogen and oxygen atoms in total. The standard InChI is InChI=1S/C15H15F3N4O3/c1-4-25-13(23)6-9(3)20-14(24)10-7-12-19-8(2)5-11(15(16,17)18)22(12)21-10/h5-7H,4H2,1-3H3,(H,20,24)/b9-6+. The van der Waals surface area contributed by atoms with E-state index >= 15 is 0 Å². The summed E-state index contributed by atoms with van der Waals surface area (Å²) in [5.74, 6) is -1.42. The minimum Gasteiger partial charge on any atom is -0.463 e. The average Bonchev–Trinajstić information content (AvgIpc) is 2.88. The molecule has 0 spiro atoms. The Morgan fingerprint density at radius 3 is 2.64 bits per heavy atom. The van der Waals surface area contributed by atoms with Gasteiger partial charge in [0.2, 0.25) is 0 Å². The van der Waals surface area contributed by atoms with Crippen molar-refractivity contribution in [3.63, 3.8) is 0 Å². The summed E-state index contributed by atoms with van der Waals surface area (Å²) in [5.41, 5.74) is -1.09. The Hall–Kier alpha value is -2.91. The molecule has 0 saturated heterocycles. The molecular weight excluding hydrogens is 341 g/mol. The van der Waals surface area contributed by atoms with Crippen LogP contribution < -0.4 is 5.32 Å². The first-order valence-corrected chi connectivity index (χ1v) is 7.23. The van der Waals surface area contributed by atoms with Crippen molar-refractivity contribution in [1.29, 1.82) is 0 Å². The van der Waals surface area contributed by atoms with E-state index in [9.17, 15) is 22.8 Å². The van der Waals surface area contributed by atoms with E-state index < -0.39 is 23.7 Å². The molecule has 2 rings (SSSR count). The average molecular weight is 356 g/mol. The Balaban J connectivity index is 2.33. The lowest BCUT2D eigenvalue weighted by atomic mass is 10.3. The van der Waals surface area contributed by atoms with Gasteiger partial charge in [0.05, 0.1) is 6.61 Å². The maximum Gasteiger partial charge on any atom is 0.433 e. The predicted molar refractivity (Wildman–Crippen MR) is 80.6 cm³/mol. The number of fused-ring (bicyclic) bond motifs is 1. The third kappa shape index (κ3) is 4.34. The summed E-state index contributed by atoms with van der Waals surface area (Å²) >= 11 is 0. The molecule has 10 heteroatoms. The zero-order valence-electron chi connectivity index (χ0n) is 13.6. The largest absolute Gasteiger partial charge is 0.463 e. The Bertz CT molecular complexity index is 856. The second kappa shape index (κ2) is 6.91. The van der Waals surface area contributed by atoms with Crippen molar-refractivity contribution >= 4 is 17.5 Å². The summed E-state index contributed by atoms with van der Waals surface area (Å²) < 4.78 is 44.5. The number of alkyl halides is 3. The number of hydrogen-bond acceptors (Lipinski definition) is 5. The SMILES string of the molecule is CCOC(=O)/C=C(\C)NC(=O)c1cc2nc(C)cc(C(F)(F)F)n2n1. The number of allylic oxidation sites excluding steroid dienone is 1. The third-order valence-corrected chi connectivity index (χ3v) is 3.01. The van der Waals surface area contributed by atoms with E-state index in [1.807, 2.05) is 0 Å². The molecule has 1 N–H and O–H groups in total. The van der Waals surface area contributed by atoms with Gasteiger partial charge in [0, 0.05) is 23.5 Å². The summed E-state index contributed by atoms with van der Waals surface area (Å²) in [6.45, 7) is 4.65. The molecule has 134 valence electrons. The van der Waals surface area contributed by atoms with Crippen LogP contribution in [0.15, 0.2) is 23.9 Å². The van der Waals surface area contributed by atoms with Crippen LogP contribution in [0.5, 0.6) is 0 Å². The van der Waals surface area contributed by atoms with Crippen LogP contribution in [0.1, 0.15) is 35.7 Å². The molecule has 1 amide bonds. The van der Waals surface area contributed by atoms with Gasteiger partial charge in [-0.1, -0.05) is 0 Å². The van der Waals surface area contributed by atoms with Crippen LogP contribution in [0, 0.1) is 6.92 Å². The monoisotopic (exact) mass is 356 g/mol. The predicted octanol–water partition coefficient (Wildman–Crippen LogP) is 2.25. The van der Waals surface area contributed by atoms with Crippen LogP contribution in [-0.4, -0.2) is 33.1 Å². The Labute approximate surface area is 140 Å². The minimum atomic E-state index is -4.65. The van der Waals surface area contributed by atoms with Crippen LogP contribution in [0.2, 0.25) is 0 Å². The molecule has 25 heavy (non-hydrogen) atoms. The van der Waals surface area contributed by atoms with E-state index in [0.29, 0.717) is 4.52 Å². The van der Waals surface area contributed by atoms with Crippen LogP contribution >= 0.6 is 0 Å². The molecule has 0 fully saturated rings. The number of carbonyl (C=O) groups excluding carboxylic acids is 2. The summed E-state index contributed by atoms with van der Waals surface area (Å²) in [6, 6.07) is 1.98. The first kappa shape index (κ1) is 18.4. The van der Waals surface area contributed by atoms with Gasteiger partial charge < -0.3 is 10.1 Å². The Kier molecular flexibility index (Phi) is 5.10. The number of nitrogens with zero attached hydrogens (tertiary/aromatic N) is 3. The lowest BCUT2D eigenvalue weighted by molar-refractivity contribution is -0.142. The molecule has 2 aromatic heterocycles. The van der Waals surface area contributed by atoms with E-state index in [1.165, 1.54) is 13.8 Å². The molecule has 0 radical (unpaired) electrons. The molecule has 0 aromatic carbocycles. The number of nitrogens with one attached hydrogen (secondary N) is 1. The molecule has 0 atom stereocenters. The van der Waals surface area contributed by atoms with E-state index in [-0.39, 0.29) is 29.3 Å². The third-order valence-electron chi connectivity index (χ3n) is 3.01. The maximum atomic E-state index is 13.1. The van der Waals surface area contributed by atoms with Gasteiger partial charge in [0.25, 0.3) is 5.91 Å². The first-order valence-electron chi connectivity index (χ1n) is 7.23. The second-order valence-electron chi connectivity index (χ2n) is 5.11. The number of rotatable bonds is 4. The Morgan fingerprint density at radius 2 is 2.04 bits per heavy atom. The van der Waals surface area contributed by atoms with E-state index in [0.717, 1.165) is 18.2 Å². The quantitative estimate of drug-likeness (QED) is 0.671. The molecule has 0 aliphatic rings. The van der Waals surface area contributed by atoms with Gasteiger partial charge >= 0.3 is 12.1 Å². The molecule has 0 aliphatic carbocycles. The number of hydrogen-bond donors (Lipinski definition) is 1. The van der Waals surface area contributed by atoms with Gasteiger partial charge in [-0.25, -0.2) is 14.3 Å². The minimum absolute atomic E-state index is 0.107. The van der Waals surface area contributed by atoms with E-state index in [2.05, 4.69) is 15.4 Å². The van der Waals surface area contributed by atoms with E-state index in [1.54, 1.807) is 6.92 Å². The molecule has 0 saturated carbocycles. The fourth-order valence-electron chi connectivity index (χ4n) is 2.05. The highest BCUT2D eigenvalue weighted by atomic mass is 19.4. The van der Waals surface area contributed by atoms with Crippen LogP contribution in [0.3, 0.4) is 0 Å². The zero-order valence-corrected chi connectivity index (χ0v) is 13.6. The highest BCUT2D eigenvalue weighted by molar-refractivity contribution is 5.95. The van der Waals surface area contributed by atoms with Crippen molar-refractivity contribution in [3.8, 4) is 0 Å². The summed E-state index contributed by atoms with van der Waals surface area (Å²) in [6.07, 6.45) is -3.59. The topological polar surface area (TPSA) is 85.6 Å². The molecule has 0 bridgehead atoms. The molecular formula is C15H15F3N4O3. The van der Waals surface area contributed by atoms with Gasteiger partial charge in [-0.2, -0.15) is 18.3 Å². The molecule has 2 heterocycles. The Morgan fingerprint density at radius 1 is 1.36 bits per heavy atom. The van der Waals surface area contributed by atoms with Crippen LogP contribution in [0.4, 0.5) is 13.2 Å². The van der Waals surface area contributed by atoms with Crippen LogP contribution in [-0.2, 0) is 15.7 Å². The van der Waals surface area contributed by atoms with Gasteiger partial charge in [-0.3, -0.25) is 4.79 Å². The van der Waals surface area contributed by atoms with Gasteiger partial charge in [-0.15, -0.1) is 0 Å². The van der Waals surface area contributed by atoms with Crippen molar-refractivity contribution in [3.05, 3.63) is 41.0 Å². The number of ether oxygens (including phenoxy) is 1. The van der Waals surface area contributed by atoms with Crippen LogP contribution in [0.25, 0.3) is 5.65 Å². The lowest BCUT2D eigenvalue weighted by Crippen LogP contribution is -2.23. The summed E-state index contributed by atoms with van der Waals surface area (Å²) in [5, 5.41) is 6.02. The summed E-state index contributed by atoms with van der Waals surface area (Å²) in [7, 11) is 0. The highest BCUT2D eigenvalue weighted by Gasteiger charge is 2.35. The van der Waals surface area contributed by atoms with Crippen molar-refractivity contribution in [2.24, 2.45) is 0 Å². The number of esters is 1. The number of aromatic nitrogens is 3. The van der Waals surface area contributed by atoms with Gasteiger partial charge in [0.1, 0.15) is 5.69 Å². The summed E-state index contributed by atoms with van der Waals surface area (Å²) in [4.78, 5) is 27.4. The van der Waals surface area contributed by atoms with Gasteiger partial charge in [-0.05, 0) is 26.8 Å². The fourth-order valence-corrected chi connectivity index (χ4v) is 2.05. The lowest BCUT2D eigenvalue weighted by Gasteiger charge is -2.09. The van der Waals surface area contributed by atoms with Crippen molar-refractivity contribution < 1.29 is 27.5 Å². The normalized spacial score (nSPS) is 12.3. The van der Waals surface area contributed by atoms with Crippen molar-refractivity contribution in [2.75, 3.05) is 6.61 Å². The number of carbonyl (C=O) groups is 2. The fraction of sp³-hybridized carbons (Fsp3) is 0.333. The number of halogens is 3. The maximum absolute atomic E-state index is 13.1.